The van der Waals surface area contributed by atoms with E-state index in [1.165, 1.54) is 0 Å². The number of halogens is 1. The molecule has 7 heteroatoms. The minimum atomic E-state index is -3.85. The monoisotopic (exact) mass is 417 g/mol. The fourth-order valence-electron chi connectivity index (χ4n) is 3.25. The molecule has 1 aromatic heterocycles. The standard InChI is InChI=1S/C21H24ClN3O2S/c1-14(2)10-16-4-7-21(28(23,26)27)19(11-16)17-5-6-18(20(22)12-17)13-25-9-8-24-15(25)3/h4-9,11-12,14H,10,13H2,1-3H3,(H2,23,26,27). The molecule has 0 aliphatic heterocycles. The van der Waals surface area contributed by atoms with Crippen LogP contribution in [0.1, 0.15) is 30.8 Å². The van der Waals surface area contributed by atoms with Gasteiger partial charge in [-0.15, -0.1) is 0 Å². The van der Waals surface area contributed by atoms with Gasteiger partial charge in [0.1, 0.15) is 5.82 Å². The second kappa shape index (κ2) is 8.07. The first-order valence-electron chi connectivity index (χ1n) is 9.07. The zero-order valence-electron chi connectivity index (χ0n) is 16.2. The normalized spacial score (nSPS) is 11.9. The zero-order chi connectivity index (χ0) is 20.5. The fourth-order valence-corrected chi connectivity index (χ4v) is 4.23. The van der Waals surface area contributed by atoms with Gasteiger partial charge in [-0.1, -0.05) is 43.6 Å². The number of hydrogen-bond acceptors (Lipinski definition) is 3. The van der Waals surface area contributed by atoms with Crippen LogP contribution in [0.4, 0.5) is 0 Å². The Hall–Kier alpha value is -2.15. The number of aryl methyl sites for hydroxylation is 1. The van der Waals surface area contributed by atoms with Crippen molar-refractivity contribution in [3.8, 4) is 11.1 Å². The molecule has 0 radical (unpaired) electrons. The molecule has 28 heavy (non-hydrogen) atoms. The molecule has 2 aromatic carbocycles. The molecule has 2 N–H and O–H groups in total. The van der Waals surface area contributed by atoms with Gasteiger partial charge in [-0.05, 0) is 54.2 Å². The van der Waals surface area contributed by atoms with Crippen LogP contribution in [-0.4, -0.2) is 18.0 Å². The van der Waals surface area contributed by atoms with Crippen molar-refractivity contribution < 1.29 is 8.42 Å². The van der Waals surface area contributed by atoms with Crippen molar-refractivity contribution in [3.05, 3.63) is 70.8 Å². The lowest BCUT2D eigenvalue weighted by molar-refractivity contribution is 0.598. The second-order valence-electron chi connectivity index (χ2n) is 7.38. The summed E-state index contributed by atoms with van der Waals surface area (Å²) in [7, 11) is -3.85. The molecule has 0 unspecified atom stereocenters. The predicted octanol–water partition coefficient (Wildman–Crippen LogP) is 4.41. The number of benzene rings is 2. The Balaban J connectivity index is 2.04. The number of aromatic nitrogens is 2. The summed E-state index contributed by atoms with van der Waals surface area (Å²) < 4.78 is 26.2. The van der Waals surface area contributed by atoms with Gasteiger partial charge in [-0.3, -0.25) is 0 Å². The largest absolute Gasteiger partial charge is 0.331 e. The van der Waals surface area contributed by atoms with E-state index in [2.05, 4.69) is 18.8 Å². The van der Waals surface area contributed by atoms with Crippen LogP contribution in [0.3, 0.4) is 0 Å². The molecule has 0 saturated carbocycles. The van der Waals surface area contributed by atoms with E-state index in [4.69, 9.17) is 16.7 Å². The smallest absolute Gasteiger partial charge is 0.238 e. The molecule has 1 heterocycles. The Bertz CT molecular complexity index is 1100. The summed E-state index contributed by atoms with van der Waals surface area (Å²) in [4.78, 5) is 4.32. The van der Waals surface area contributed by atoms with Crippen LogP contribution in [0, 0.1) is 12.8 Å². The Morgan fingerprint density at radius 2 is 1.93 bits per heavy atom. The Kier molecular flexibility index (Phi) is 5.93. The van der Waals surface area contributed by atoms with Crippen molar-refractivity contribution in [1.82, 2.24) is 9.55 Å². The van der Waals surface area contributed by atoms with E-state index in [0.29, 0.717) is 23.0 Å². The number of rotatable bonds is 6. The Morgan fingerprint density at radius 3 is 2.50 bits per heavy atom. The summed E-state index contributed by atoms with van der Waals surface area (Å²) in [5, 5.41) is 6.02. The quantitative estimate of drug-likeness (QED) is 0.645. The lowest BCUT2D eigenvalue weighted by Gasteiger charge is -2.14. The molecule has 3 aromatic rings. The molecule has 0 bridgehead atoms. The van der Waals surface area contributed by atoms with Gasteiger partial charge in [0.2, 0.25) is 10.0 Å². The van der Waals surface area contributed by atoms with Crippen LogP contribution in [0.5, 0.6) is 0 Å². The first-order valence-corrected chi connectivity index (χ1v) is 11.0. The van der Waals surface area contributed by atoms with Gasteiger partial charge in [0, 0.05) is 23.0 Å². The Labute approximate surface area is 171 Å². The first-order chi connectivity index (χ1) is 13.1. The first kappa shape index (κ1) is 20.6. The van der Waals surface area contributed by atoms with E-state index in [1.54, 1.807) is 18.3 Å². The molecule has 0 aliphatic carbocycles. The van der Waals surface area contributed by atoms with Crippen LogP contribution in [0.2, 0.25) is 5.02 Å². The van der Waals surface area contributed by atoms with E-state index < -0.39 is 10.0 Å². The molecular weight excluding hydrogens is 394 g/mol. The van der Waals surface area contributed by atoms with Crippen molar-refractivity contribution >= 4 is 21.6 Å². The van der Waals surface area contributed by atoms with Gasteiger partial charge in [0.15, 0.2) is 0 Å². The molecule has 0 amide bonds. The number of imidazole rings is 1. The average Bonchev–Trinajstić information content (AvgIpc) is 3.00. The van der Waals surface area contributed by atoms with E-state index in [-0.39, 0.29) is 4.90 Å². The summed E-state index contributed by atoms with van der Waals surface area (Å²) >= 11 is 6.52. The third-order valence-corrected chi connectivity index (χ3v) is 5.94. The van der Waals surface area contributed by atoms with Gasteiger partial charge < -0.3 is 4.57 Å². The van der Waals surface area contributed by atoms with E-state index in [0.717, 1.165) is 28.9 Å². The third kappa shape index (κ3) is 4.63. The fraction of sp³-hybridized carbons (Fsp3) is 0.286. The topological polar surface area (TPSA) is 78.0 Å². The van der Waals surface area contributed by atoms with Crippen LogP contribution >= 0.6 is 11.6 Å². The number of nitrogens with two attached hydrogens (primary N) is 1. The maximum Gasteiger partial charge on any atom is 0.238 e. The molecule has 0 aliphatic rings. The van der Waals surface area contributed by atoms with E-state index in [9.17, 15) is 8.42 Å². The average molecular weight is 418 g/mol. The summed E-state index contributed by atoms with van der Waals surface area (Å²) in [6.45, 7) is 6.77. The van der Waals surface area contributed by atoms with Crippen molar-refractivity contribution in [1.29, 1.82) is 0 Å². The predicted molar refractivity (Wildman–Crippen MR) is 113 cm³/mol. The maximum absolute atomic E-state index is 12.1. The molecule has 5 nitrogen and oxygen atoms in total. The van der Waals surface area contributed by atoms with Crippen molar-refractivity contribution in [3.63, 3.8) is 0 Å². The van der Waals surface area contributed by atoms with Crippen LogP contribution in [0.15, 0.2) is 53.7 Å². The molecule has 3 rings (SSSR count). The highest BCUT2D eigenvalue weighted by atomic mass is 35.5. The molecule has 0 atom stereocenters. The van der Waals surface area contributed by atoms with Crippen molar-refractivity contribution in [2.45, 2.75) is 38.6 Å². The third-order valence-electron chi connectivity index (χ3n) is 4.62. The number of primary sulfonamides is 1. The zero-order valence-corrected chi connectivity index (χ0v) is 17.8. The summed E-state index contributed by atoms with van der Waals surface area (Å²) in [6.07, 6.45) is 4.49. The van der Waals surface area contributed by atoms with E-state index in [1.807, 2.05) is 42.0 Å². The number of sulfonamides is 1. The summed E-state index contributed by atoms with van der Waals surface area (Å²) in [5.74, 6) is 1.36. The van der Waals surface area contributed by atoms with Crippen LogP contribution < -0.4 is 5.14 Å². The minimum absolute atomic E-state index is 0.106. The number of hydrogen-bond donors (Lipinski definition) is 1. The van der Waals surface area contributed by atoms with E-state index >= 15 is 0 Å². The lowest BCUT2D eigenvalue weighted by atomic mass is 9.97. The van der Waals surface area contributed by atoms with Gasteiger partial charge >= 0.3 is 0 Å². The second-order valence-corrected chi connectivity index (χ2v) is 9.32. The molecule has 0 saturated heterocycles. The summed E-state index contributed by atoms with van der Waals surface area (Å²) in [6, 6.07) is 10.9. The van der Waals surface area contributed by atoms with Gasteiger partial charge in [-0.2, -0.15) is 0 Å². The molecule has 0 spiro atoms. The SMILES string of the molecule is Cc1nccn1Cc1ccc(-c2cc(CC(C)C)ccc2S(N)(=O)=O)cc1Cl. The highest BCUT2D eigenvalue weighted by Crippen LogP contribution is 2.32. The van der Waals surface area contributed by atoms with Crippen LogP contribution in [0.25, 0.3) is 11.1 Å². The van der Waals surface area contributed by atoms with Crippen molar-refractivity contribution in [2.75, 3.05) is 0 Å². The highest BCUT2D eigenvalue weighted by molar-refractivity contribution is 7.89. The lowest BCUT2D eigenvalue weighted by Crippen LogP contribution is -2.14. The van der Waals surface area contributed by atoms with Crippen LogP contribution in [-0.2, 0) is 23.0 Å². The highest BCUT2D eigenvalue weighted by Gasteiger charge is 2.17. The van der Waals surface area contributed by atoms with Gasteiger partial charge in [-0.25, -0.2) is 18.5 Å². The molecule has 0 fully saturated rings. The Morgan fingerprint density at radius 1 is 1.18 bits per heavy atom. The molecular formula is C21H24ClN3O2S. The minimum Gasteiger partial charge on any atom is -0.331 e. The van der Waals surface area contributed by atoms with Gasteiger partial charge in [0.25, 0.3) is 0 Å². The number of nitrogens with zero attached hydrogens (tertiary/aromatic N) is 2. The van der Waals surface area contributed by atoms with Crippen molar-refractivity contribution in [2.24, 2.45) is 11.1 Å². The van der Waals surface area contributed by atoms with Gasteiger partial charge in [0.05, 0.1) is 11.4 Å². The summed E-state index contributed by atoms with van der Waals surface area (Å²) in [5.41, 5.74) is 3.30. The maximum atomic E-state index is 12.1. The molecule has 148 valence electrons.